The fraction of sp³-hybridized carbons (Fsp3) is 0.353. The Morgan fingerprint density at radius 1 is 0.583 bits per heavy atom. The molecule has 4 aliphatic rings. The topological polar surface area (TPSA) is 0 Å². The third-order valence-electron chi connectivity index (χ3n) is 8.95. The molecule has 0 N–H and O–H groups in total. The van der Waals surface area contributed by atoms with Gasteiger partial charge in [0.05, 0.1) is 0 Å². The van der Waals surface area contributed by atoms with Crippen LogP contribution in [0.25, 0.3) is 11.1 Å². The van der Waals surface area contributed by atoms with Crippen LogP contribution < -0.4 is 0 Å². The van der Waals surface area contributed by atoms with E-state index in [-0.39, 0.29) is 21.7 Å². The van der Waals surface area contributed by atoms with E-state index in [4.69, 9.17) is 0 Å². The van der Waals surface area contributed by atoms with E-state index in [0.29, 0.717) is 0 Å². The van der Waals surface area contributed by atoms with Crippen molar-refractivity contribution in [3.8, 4) is 0 Å². The van der Waals surface area contributed by atoms with Crippen molar-refractivity contribution >= 4 is 33.8 Å². The highest BCUT2D eigenvalue weighted by atomic mass is 32.1. The van der Waals surface area contributed by atoms with Gasteiger partial charge >= 0.3 is 0 Å². The molecule has 6 rings (SSSR count). The molecule has 0 unspecified atom stereocenters. The molecule has 184 valence electrons. The molecule has 0 radical (unpaired) electrons. The molecule has 0 nitrogen and oxygen atoms in total. The van der Waals surface area contributed by atoms with Crippen LogP contribution in [0.15, 0.2) is 105 Å². The van der Waals surface area contributed by atoms with Crippen molar-refractivity contribution in [1.29, 1.82) is 0 Å². The molecule has 0 spiro atoms. The Kier molecular flexibility index (Phi) is 5.03. The van der Waals surface area contributed by atoms with Crippen LogP contribution in [0.4, 0.5) is 0 Å². The molecule has 4 aliphatic carbocycles. The average molecular weight is 509 g/mol. The fourth-order valence-corrected chi connectivity index (χ4v) is 8.06. The zero-order valence-corrected chi connectivity index (χ0v) is 24.4. The summed E-state index contributed by atoms with van der Waals surface area (Å²) in [5.74, 6) is 0. The second-order valence-corrected chi connectivity index (χ2v) is 14.9. The molecule has 2 heterocycles. The summed E-state index contributed by atoms with van der Waals surface area (Å²) in [6.07, 6.45) is 14.9. The van der Waals surface area contributed by atoms with Crippen molar-refractivity contribution in [2.24, 2.45) is 21.7 Å². The largest absolute Gasteiger partial charge is 0.144 e. The maximum Gasteiger partial charge on any atom is 0.0352 e. The van der Waals surface area contributed by atoms with E-state index < -0.39 is 0 Å². The molecule has 2 aromatic heterocycles. The predicted octanol–water partition coefficient (Wildman–Crippen LogP) is 10.4. The van der Waals surface area contributed by atoms with Crippen molar-refractivity contribution in [2.75, 3.05) is 0 Å². The van der Waals surface area contributed by atoms with Crippen LogP contribution in [0.1, 0.15) is 65.1 Å². The lowest BCUT2D eigenvalue weighted by molar-refractivity contribution is 0.248. The van der Waals surface area contributed by atoms with Crippen LogP contribution in [0, 0.1) is 21.7 Å². The molecular formula is C34H36S2. The second kappa shape index (κ2) is 7.55. The third-order valence-corrected chi connectivity index (χ3v) is 10.7. The minimum Gasteiger partial charge on any atom is -0.144 e. The minimum atomic E-state index is -0.141. The zero-order chi connectivity index (χ0) is 25.7. The van der Waals surface area contributed by atoms with E-state index in [9.17, 15) is 0 Å². The van der Waals surface area contributed by atoms with Gasteiger partial charge < -0.3 is 0 Å². The van der Waals surface area contributed by atoms with Crippen LogP contribution in [0.3, 0.4) is 0 Å². The molecule has 0 amide bonds. The molecule has 2 heteroatoms. The summed E-state index contributed by atoms with van der Waals surface area (Å²) in [5.41, 5.74) is 11.4. The molecule has 0 saturated heterocycles. The van der Waals surface area contributed by atoms with Gasteiger partial charge in [0.15, 0.2) is 0 Å². The first-order chi connectivity index (χ1) is 16.9. The molecule has 0 bridgehead atoms. The van der Waals surface area contributed by atoms with Gasteiger partial charge in [-0.15, -0.1) is 22.7 Å². The van der Waals surface area contributed by atoms with Gasteiger partial charge in [-0.3, -0.25) is 0 Å². The zero-order valence-electron chi connectivity index (χ0n) is 22.7. The van der Waals surface area contributed by atoms with E-state index >= 15 is 0 Å². The standard InChI is InChI=1S/C34H36S2/c1-31(2,3)23-17-21-13-14-22-18-24(32(4,5)6)20-26-30(28-12-10-16-36-28)29(27-11-9-15-35-27)25(19-23)33(21,7)34(22,26)8/h9-20H,1-8H3/t33-,34-/m0/s1. The molecule has 36 heavy (non-hydrogen) atoms. The monoisotopic (exact) mass is 508 g/mol. The van der Waals surface area contributed by atoms with E-state index in [1.54, 1.807) is 0 Å². The molecule has 0 aliphatic heterocycles. The van der Waals surface area contributed by atoms with Crippen molar-refractivity contribution in [1.82, 2.24) is 0 Å². The Hall–Kier alpha value is -2.42. The number of thiophene rings is 2. The summed E-state index contributed by atoms with van der Waals surface area (Å²) in [5, 5.41) is 4.46. The van der Waals surface area contributed by atoms with Gasteiger partial charge in [-0.25, -0.2) is 0 Å². The summed E-state index contributed by atoms with van der Waals surface area (Å²) in [6, 6.07) is 9.06. The van der Waals surface area contributed by atoms with Gasteiger partial charge in [0.2, 0.25) is 0 Å². The molecule has 2 aromatic rings. The van der Waals surface area contributed by atoms with Gasteiger partial charge in [-0.05, 0) is 67.2 Å². The summed E-state index contributed by atoms with van der Waals surface area (Å²) >= 11 is 3.74. The van der Waals surface area contributed by atoms with Crippen molar-refractivity contribution in [3.63, 3.8) is 0 Å². The van der Waals surface area contributed by atoms with Gasteiger partial charge in [0, 0.05) is 31.7 Å². The average Bonchev–Trinajstić information content (AvgIpc) is 3.50. The highest BCUT2D eigenvalue weighted by Gasteiger charge is 2.59. The summed E-state index contributed by atoms with van der Waals surface area (Å²) < 4.78 is 0. The maximum absolute atomic E-state index is 2.55. The molecule has 2 atom stereocenters. The lowest BCUT2D eigenvalue weighted by Crippen LogP contribution is -2.49. The Bertz CT molecular complexity index is 1360. The van der Waals surface area contributed by atoms with Crippen LogP contribution in [-0.2, 0) is 0 Å². The summed E-state index contributed by atoms with van der Waals surface area (Å²) in [4.78, 5) is 2.73. The summed E-state index contributed by atoms with van der Waals surface area (Å²) in [6.45, 7) is 19.1. The van der Waals surface area contributed by atoms with Gasteiger partial charge in [-0.2, -0.15) is 0 Å². The lowest BCUT2D eigenvalue weighted by atomic mass is 9.44. The maximum atomic E-state index is 2.55. The Labute approximate surface area is 224 Å². The van der Waals surface area contributed by atoms with Crippen LogP contribution in [0.2, 0.25) is 0 Å². The van der Waals surface area contributed by atoms with Gasteiger partial charge in [-0.1, -0.05) is 104 Å². The van der Waals surface area contributed by atoms with Crippen molar-refractivity contribution in [2.45, 2.75) is 55.4 Å². The number of hydrogen-bond acceptors (Lipinski definition) is 2. The molecule has 0 aromatic carbocycles. The molecular weight excluding hydrogens is 473 g/mol. The number of allylic oxidation sites excluding steroid dienone is 14. The Morgan fingerprint density at radius 3 is 1.28 bits per heavy atom. The first-order valence-corrected chi connectivity index (χ1v) is 14.8. The highest BCUT2D eigenvalue weighted by molar-refractivity contribution is 7.12. The van der Waals surface area contributed by atoms with Crippen molar-refractivity contribution < 1.29 is 0 Å². The first kappa shape index (κ1) is 23.9. The molecule has 0 saturated carbocycles. The second-order valence-electron chi connectivity index (χ2n) is 13.0. The smallest absolute Gasteiger partial charge is 0.0352 e. The normalized spacial score (nSPS) is 27.4. The van der Waals surface area contributed by atoms with Gasteiger partial charge in [0.25, 0.3) is 0 Å². The highest BCUT2D eigenvalue weighted by Crippen LogP contribution is 2.70. The van der Waals surface area contributed by atoms with Gasteiger partial charge in [0.1, 0.15) is 0 Å². The van der Waals surface area contributed by atoms with Crippen LogP contribution in [-0.4, -0.2) is 0 Å². The SMILES string of the molecule is CC(C)(C)C1=CC2=C(c3cccs3)C(c3cccs3)=C3C=C(C(C)(C)C)C=C4C=CC(=C1)[C@]2(C)[C@@]43C. The van der Waals surface area contributed by atoms with E-state index in [0.717, 1.165) is 0 Å². The van der Waals surface area contributed by atoms with E-state index in [1.807, 2.05) is 22.7 Å². The number of rotatable bonds is 2. The first-order valence-electron chi connectivity index (χ1n) is 13.0. The van der Waals surface area contributed by atoms with Crippen LogP contribution >= 0.6 is 22.7 Å². The summed E-state index contributed by atoms with van der Waals surface area (Å²) in [7, 11) is 0. The van der Waals surface area contributed by atoms with E-state index in [2.05, 4.69) is 127 Å². The predicted molar refractivity (Wildman–Crippen MR) is 159 cm³/mol. The third kappa shape index (κ3) is 3.10. The van der Waals surface area contributed by atoms with Crippen LogP contribution in [0.5, 0.6) is 0 Å². The Balaban J connectivity index is 1.84. The lowest BCUT2D eigenvalue weighted by Gasteiger charge is -2.59. The minimum absolute atomic E-state index is 0.0751. The fourth-order valence-electron chi connectivity index (χ4n) is 6.48. The Morgan fingerprint density at radius 2 is 0.972 bits per heavy atom. The van der Waals surface area contributed by atoms with E-state index in [1.165, 1.54) is 54.3 Å². The molecule has 0 fully saturated rings. The number of hydrogen-bond donors (Lipinski definition) is 0. The quantitative estimate of drug-likeness (QED) is 0.378. The van der Waals surface area contributed by atoms with Crippen molar-refractivity contribution in [3.05, 3.63) is 115 Å².